The molecule has 8 nitrogen and oxygen atoms in total. The fraction of sp³-hybridized carbons (Fsp3) is 0.500. The number of ketones is 1. The summed E-state index contributed by atoms with van der Waals surface area (Å²) in [5, 5.41) is 12.2. The smallest absolute Gasteiger partial charge is 0.315 e. The van der Waals surface area contributed by atoms with Gasteiger partial charge in [0.2, 0.25) is 11.7 Å². The molecule has 2 rings (SSSR count). The minimum absolute atomic E-state index is 0.181. The van der Waals surface area contributed by atoms with Crippen LogP contribution in [0.25, 0.3) is 0 Å². The SMILES string of the molecule is CC(C)C(NC(=O)NCc1cccs1)C(=O)NC1CCNC(=O)C1=O. The number of carbonyl (C=O) groups excluding carboxylic acids is 4. The first kappa shape index (κ1) is 18.9. The van der Waals surface area contributed by atoms with Crippen LogP contribution in [0, 0.1) is 5.92 Å². The highest BCUT2D eigenvalue weighted by molar-refractivity contribution is 7.09. The van der Waals surface area contributed by atoms with Crippen LogP contribution in [0.15, 0.2) is 17.5 Å². The molecule has 4 amide bonds. The molecule has 2 heterocycles. The summed E-state index contributed by atoms with van der Waals surface area (Å²) >= 11 is 1.52. The lowest BCUT2D eigenvalue weighted by molar-refractivity contribution is -0.142. The number of carbonyl (C=O) groups is 4. The highest BCUT2D eigenvalue weighted by Gasteiger charge is 2.33. The molecule has 0 aliphatic carbocycles. The lowest BCUT2D eigenvalue weighted by Gasteiger charge is -2.26. The summed E-state index contributed by atoms with van der Waals surface area (Å²) in [7, 11) is 0. The van der Waals surface area contributed by atoms with Crippen LogP contribution in [0.5, 0.6) is 0 Å². The van der Waals surface area contributed by atoms with Crippen LogP contribution >= 0.6 is 11.3 Å². The molecule has 0 aromatic carbocycles. The molecule has 4 N–H and O–H groups in total. The average molecular weight is 366 g/mol. The van der Waals surface area contributed by atoms with Crippen LogP contribution in [-0.4, -0.2) is 42.3 Å². The molecule has 0 spiro atoms. The highest BCUT2D eigenvalue weighted by Crippen LogP contribution is 2.08. The van der Waals surface area contributed by atoms with E-state index in [-0.39, 0.29) is 5.92 Å². The highest BCUT2D eigenvalue weighted by atomic mass is 32.1. The van der Waals surface area contributed by atoms with Crippen LogP contribution in [0.3, 0.4) is 0 Å². The Labute approximate surface area is 149 Å². The van der Waals surface area contributed by atoms with Gasteiger partial charge in [-0.3, -0.25) is 14.4 Å². The van der Waals surface area contributed by atoms with Crippen molar-refractivity contribution in [2.75, 3.05) is 6.54 Å². The summed E-state index contributed by atoms with van der Waals surface area (Å²) in [6, 6.07) is 1.67. The van der Waals surface area contributed by atoms with E-state index in [0.717, 1.165) is 4.88 Å². The molecular formula is C16H22N4O4S. The van der Waals surface area contributed by atoms with Crippen LogP contribution in [0.4, 0.5) is 4.79 Å². The second kappa shape index (κ2) is 8.61. The van der Waals surface area contributed by atoms with Gasteiger partial charge in [-0.2, -0.15) is 0 Å². The molecule has 2 atom stereocenters. The Morgan fingerprint density at radius 1 is 1.36 bits per heavy atom. The van der Waals surface area contributed by atoms with Crippen LogP contribution in [0.2, 0.25) is 0 Å². The fourth-order valence-electron chi connectivity index (χ4n) is 2.41. The topological polar surface area (TPSA) is 116 Å². The number of Topliss-reactive ketones (excluding diaryl/α,β-unsaturated/α-hetero) is 1. The van der Waals surface area contributed by atoms with Crippen molar-refractivity contribution in [3.63, 3.8) is 0 Å². The van der Waals surface area contributed by atoms with Crippen molar-refractivity contribution >= 4 is 35.0 Å². The van der Waals surface area contributed by atoms with Gasteiger partial charge in [0.1, 0.15) is 6.04 Å². The van der Waals surface area contributed by atoms with Crippen LogP contribution < -0.4 is 21.3 Å². The summed E-state index contributed by atoms with van der Waals surface area (Å²) < 4.78 is 0. The molecule has 0 saturated carbocycles. The van der Waals surface area contributed by atoms with Crippen molar-refractivity contribution in [1.29, 1.82) is 0 Å². The summed E-state index contributed by atoms with van der Waals surface area (Å²) in [6.07, 6.45) is 0.339. The Kier molecular flexibility index (Phi) is 6.51. The van der Waals surface area contributed by atoms with Gasteiger partial charge < -0.3 is 21.3 Å². The van der Waals surface area contributed by atoms with Crippen molar-refractivity contribution in [2.45, 2.75) is 38.9 Å². The molecule has 2 unspecified atom stereocenters. The molecule has 1 aliphatic heterocycles. The zero-order valence-corrected chi connectivity index (χ0v) is 14.9. The first-order valence-corrected chi connectivity index (χ1v) is 8.95. The molecule has 1 fully saturated rings. The predicted octanol–water partition coefficient (Wildman–Crippen LogP) is 0.146. The molecule has 136 valence electrons. The number of amides is 4. The van der Waals surface area contributed by atoms with Gasteiger partial charge in [-0.25, -0.2) is 4.79 Å². The number of hydrogen-bond donors (Lipinski definition) is 4. The molecule has 1 saturated heterocycles. The lowest BCUT2D eigenvalue weighted by Crippen LogP contribution is -2.58. The predicted molar refractivity (Wildman–Crippen MR) is 92.9 cm³/mol. The molecular weight excluding hydrogens is 344 g/mol. The van der Waals surface area contributed by atoms with Gasteiger partial charge in [0, 0.05) is 11.4 Å². The third-order valence-electron chi connectivity index (χ3n) is 3.81. The summed E-state index contributed by atoms with van der Waals surface area (Å²) in [4.78, 5) is 48.6. The minimum Gasteiger partial charge on any atom is -0.349 e. The standard InChI is InChI=1S/C16H22N4O4S/c1-9(2)12(20-16(24)18-8-10-4-3-7-25-10)14(22)19-11-5-6-17-15(23)13(11)21/h3-4,7,9,11-12H,5-6,8H2,1-2H3,(H,17,23)(H,19,22)(H2,18,20,24). The number of nitrogens with one attached hydrogen (secondary N) is 4. The quantitative estimate of drug-likeness (QED) is 0.536. The van der Waals surface area contributed by atoms with Crippen molar-refractivity contribution < 1.29 is 19.2 Å². The first-order valence-electron chi connectivity index (χ1n) is 8.07. The van der Waals surface area contributed by atoms with E-state index >= 15 is 0 Å². The van der Waals surface area contributed by atoms with Crippen LogP contribution in [0.1, 0.15) is 25.1 Å². The van der Waals surface area contributed by atoms with E-state index in [9.17, 15) is 19.2 Å². The van der Waals surface area contributed by atoms with E-state index in [0.29, 0.717) is 19.5 Å². The third-order valence-corrected chi connectivity index (χ3v) is 4.69. The maximum Gasteiger partial charge on any atom is 0.315 e. The Balaban J connectivity index is 1.90. The average Bonchev–Trinajstić information content (AvgIpc) is 3.08. The number of urea groups is 1. The lowest BCUT2D eigenvalue weighted by atomic mass is 10.0. The van der Waals surface area contributed by atoms with Crippen molar-refractivity contribution in [3.05, 3.63) is 22.4 Å². The molecule has 1 aromatic heterocycles. The number of hydrogen-bond acceptors (Lipinski definition) is 5. The Morgan fingerprint density at radius 3 is 2.76 bits per heavy atom. The molecule has 1 aliphatic rings. The van der Waals surface area contributed by atoms with Gasteiger partial charge in [0.25, 0.3) is 5.91 Å². The van der Waals surface area contributed by atoms with Crippen molar-refractivity contribution in [3.8, 4) is 0 Å². The molecule has 25 heavy (non-hydrogen) atoms. The van der Waals surface area contributed by atoms with E-state index in [1.807, 2.05) is 17.5 Å². The van der Waals surface area contributed by atoms with Gasteiger partial charge in [0.05, 0.1) is 12.6 Å². The van der Waals surface area contributed by atoms with Gasteiger partial charge >= 0.3 is 6.03 Å². The van der Waals surface area contributed by atoms with Crippen LogP contribution in [-0.2, 0) is 20.9 Å². The molecule has 0 bridgehead atoms. The second-order valence-corrected chi connectivity index (χ2v) is 7.13. The van der Waals surface area contributed by atoms with Gasteiger partial charge in [0.15, 0.2) is 0 Å². The first-order chi connectivity index (χ1) is 11.9. The summed E-state index contributed by atoms with van der Waals surface area (Å²) in [6.45, 7) is 4.28. The minimum atomic E-state index is -0.849. The molecule has 1 aromatic rings. The van der Waals surface area contributed by atoms with Crippen molar-refractivity contribution in [1.82, 2.24) is 21.3 Å². The second-order valence-electron chi connectivity index (χ2n) is 6.10. The number of piperidine rings is 1. The van der Waals surface area contributed by atoms with E-state index in [4.69, 9.17) is 0 Å². The van der Waals surface area contributed by atoms with Gasteiger partial charge in [-0.05, 0) is 23.8 Å². The normalized spacial score (nSPS) is 18.4. The zero-order valence-electron chi connectivity index (χ0n) is 14.1. The van der Waals surface area contributed by atoms with E-state index < -0.39 is 35.7 Å². The maximum absolute atomic E-state index is 12.4. The summed E-state index contributed by atoms with van der Waals surface area (Å²) in [5.41, 5.74) is 0. The third kappa shape index (κ3) is 5.28. The largest absolute Gasteiger partial charge is 0.349 e. The van der Waals surface area contributed by atoms with Crippen molar-refractivity contribution in [2.24, 2.45) is 5.92 Å². The van der Waals surface area contributed by atoms with Gasteiger partial charge in [-0.15, -0.1) is 11.3 Å². The Hall–Kier alpha value is -2.42. The molecule has 9 heteroatoms. The summed E-state index contributed by atoms with van der Waals surface area (Å²) in [5.74, 6) is -2.02. The number of thiophene rings is 1. The van der Waals surface area contributed by atoms with E-state index in [1.165, 1.54) is 11.3 Å². The van der Waals surface area contributed by atoms with E-state index in [2.05, 4.69) is 21.3 Å². The fourth-order valence-corrected chi connectivity index (χ4v) is 3.06. The van der Waals surface area contributed by atoms with E-state index in [1.54, 1.807) is 13.8 Å². The monoisotopic (exact) mass is 366 g/mol. The number of rotatable bonds is 6. The zero-order chi connectivity index (χ0) is 18.4. The maximum atomic E-state index is 12.4. The van der Waals surface area contributed by atoms with Gasteiger partial charge in [-0.1, -0.05) is 19.9 Å². The molecule has 0 radical (unpaired) electrons. The Bertz CT molecular complexity index is 645. The Morgan fingerprint density at radius 2 is 2.12 bits per heavy atom.